The summed E-state index contributed by atoms with van der Waals surface area (Å²) in [5.74, 6) is 0.207. The molecule has 130 valence electrons. The summed E-state index contributed by atoms with van der Waals surface area (Å²) in [4.78, 5) is 31.2. The number of carbonyl (C=O) groups is 1. The average Bonchev–Trinajstić information content (AvgIpc) is 2.55. The lowest BCUT2D eigenvalue weighted by Gasteiger charge is -2.33. The fourth-order valence-electron chi connectivity index (χ4n) is 3.13. The summed E-state index contributed by atoms with van der Waals surface area (Å²) in [5, 5.41) is 0. The van der Waals surface area contributed by atoms with E-state index < -0.39 is 0 Å². The third-order valence-corrected chi connectivity index (χ3v) is 4.65. The minimum absolute atomic E-state index is 0. The Kier molecular flexibility index (Phi) is 5.62. The van der Waals surface area contributed by atoms with E-state index in [0.717, 1.165) is 18.4 Å². The number of nitrogens with two attached hydrogens (primary N) is 1. The van der Waals surface area contributed by atoms with Gasteiger partial charge in [0.2, 0.25) is 0 Å². The number of aryl methyl sites for hydroxylation is 1. The summed E-state index contributed by atoms with van der Waals surface area (Å²) in [7, 11) is 0. The van der Waals surface area contributed by atoms with E-state index >= 15 is 0 Å². The van der Waals surface area contributed by atoms with Crippen LogP contribution in [0, 0.1) is 12.8 Å². The molecular formula is C17H23ClN4O2. The van der Waals surface area contributed by atoms with Crippen molar-refractivity contribution in [2.75, 3.05) is 13.1 Å². The molecule has 1 unspecified atom stereocenters. The van der Waals surface area contributed by atoms with Crippen LogP contribution in [0.4, 0.5) is 0 Å². The Balaban J connectivity index is 0.00000208. The van der Waals surface area contributed by atoms with Crippen LogP contribution in [0.2, 0.25) is 0 Å². The fraction of sp³-hybridized carbons (Fsp3) is 0.471. The highest BCUT2D eigenvalue weighted by molar-refractivity contribution is 5.93. The standard InChI is InChI=1S/C17H22N4O2.ClH/c1-11-3-4-15-19-9-14(17(23)21(15)10-11)16(22)20-7-5-13(6-8-20)12(2)18;/h3-4,9-10,12-13H,5-8,18H2,1-2H3;1H. The molecule has 2 N–H and O–H groups in total. The molecule has 0 bridgehead atoms. The quantitative estimate of drug-likeness (QED) is 0.892. The molecular weight excluding hydrogens is 328 g/mol. The van der Waals surface area contributed by atoms with Crippen LogP contribution in [0.3, 0.4) is 0 Å². The van der Waals surface area contributed by atoms with Crippen molar-refractivity contribution in [1.29, 1.82) is 0 Å². The summed E-state index contributed by atoms with van der Waals surface area (Å²) in [5.41, 5.74) is 7.25. The largest absolute Gasteiger partial charge is 0.338 e. The van der Waals surface area contributed by atoms with Gasteiger partial charge in [0, 0.05) is 31.5 Å². The van der Waals surface area contributed by atoms with Crippen molar-refractivity contribution >= 4 is 24.0 Å². The first-order chi connectivity index (χ1) is 11.0. The lowest BCUT2D eigenvalue weighted by molar-refractivity contribution is 0.0678. The van der Waals surface area contributed by atoms with Crippen LogP contribution in [0.1, 0.15) is 35.7 Å². The molecule has 1 amide bonds. The number of piperidine rings is 1. The summed E-state index contributed by atoms with van der Waals surface area (Å²) in [6, 6.07) is 3.81. The first-order valence-electron chi connectivity index (χ1n) is 8.00. The Bertz CT molecular complexity index is 795. The highest BCUT2D eigenvalue weighted by Crippen LogP contribution is 2.20. The second-order valence-electron chi connectivity index (χ2n) is 6.40. The van der Waals surface area contributed by atoms with E-state index in [1.165, 1.54) is 10.6 Å². The van der Waals surface area contributed by atoms with Crippen LogP contribution < -0.4 is 11.3 Å². The summed E-state index contributed by atoms with van der Waals surface area (Å²) in [6.07, 6.45) is 4.87. The first-order valence-corrected chi connectivity index (χ1v) is 8.00. The molecule has 0 spiro atoms. The monoisotopic (exact) mass is 350 g/mol. The van der Waals surface area contributed by atoms with E-state index in [4.69, 9.17) is 5.73 Å². The maximum atomic E-state index is 12.7. The normalized spacial score (nSPS) is 16.7. The first kappa shape index (κ1) is 18.4. The van der Waals surface area contributed by atoms with Crippen LogP contribution in [0.5, 0.6) is 0 Å². The summed E-state index contributed by atoms with van der Waals surface area (Å²) >= 11 is 0. The third-order valence-electron chi connectivity index (χ3n) is 4.65. The molecule has 0 aliphatic carbocycles. The van der Waals surface area contributed by atoms with Crippen molar-refractivity contribution in [2.45, 2.75) is 32.7 Å². The Hall–Kier alpha value is -1.92. The van der Waals surface area contributed by atoms with Crippen LogP contribution in [0.25, 0.3) is 5.65 Å². The second-order valence-corrected chi connectivity index (χ2v) is 6.40. The van der Waals surface area contributed by atoms with Crippen molar-refractivity contribution in [3.8, 4) is 0 Å². The molecule has 6 nitrogen and oxygen atoms in total. The van der Waals surface area contributed by atoms with Gasteiger partial charge in [-0.25, -0.2) is 4.98 Å². The van der Waals surface area contributed by atoms with Crippen molar-refractivity contribution in [2.24, 2.45) is 11.7 Å². The van der Waals surface area contributed by atoms with Crippen molar-refractivity contribution < 1.29 is 4.79 Å². The van der Waals surface area contributed by atoms with Gasteiger partial charge in [0.15, 0.2) is 0 Å². The average molecular weight is 351 g/mol. The Morgan fingerprint density at radius 3 is 2.62 bits per heavy atom. The van der Waals surface area contributed by atoms with Crippen LogP contribution >= 0.6 is 12.4 Å². The summed E-state index contributed by atoms with van der Waals surface area (Å²) in [6.45, 7) is 5.19. The molecule has 2 aromatic heterocycles. The number of amides is 1. The number of hydrogen-bond acceptors (Lipinski definition) is 4. The zero-order chi connectivity index (χ0) is 16.6. The van der Waals surface area contributed by atoms with Gasteiger partial charge in [-0.2, -0.15) is 0 Å². The van der Waals surface area contributed by atoms with Gasteiger partial charge in [0.05, 0.1) is 0 Å². The van der Waals surface area contributed by atoms with E-state index in [1.807, 2.05) is 19.9 Å². The van der Waals surface area contributed by atoms with Crippen LogP contribution in [-0.2, 0) is 0 Å². The van der Waals surface area contributed by atoms with Gasteiger partial charge in [-0.1, -0.05) is 6.07 Å². The van der Waals surface area contributed by atoms with Gasteiger partial charge in [0.25, 0.3) is 11.5 Å². The minimum atomic E-state index is -0.307. The van der Waals surface area contributed by atoms with E-state index in [-0.39, 0.29) is 35.5 Å². The zero-order valence-electron chi connectivity index (χ0n) is 13.9. The number of pyridine rings is 1. The van der Waals surface area contributed by atoms with Gasteiger partial charge in [-0.15, -0.1) is 12.4 Å². The SMILES string of the molecule is Cc1ccc2ncc(C(=O)N3CCC(C(C)N)CC3)c(=O)n2c1.Cl. The Labute approximate surface area is 147 Å². The predicted octanol–water partition coefficient (Wildman–Crippen LogP) is 1.62. The molecule has 24 heavy (non-hydrogen) atoms. The number of hydrogen-bond donors (Lipinski definition) is 1. The Morgan fingerprint density at radius 1 is 1.33 bits per heavy atom. The number of rotatable bonds is 2. The number of halogens is 1. The number of nitrogens with zero attached hydrogens (tertiary/aromatic N) is 3. The molecule has 1 fully saturated rings. The van der Waals surface area contributed by atoms with E-state index in [1.54, 1.807) is 17.2 Å². The highest BCUT2D eigenvalue weighted by Gasteiger charge is 2.27. The molecule has 2 aromatic rings. The number of carbonyl (C=O) groups excluding carboxylic acids is 1. The molecule has 1 saturated heterocycles. The molecule has 1 aliphatic heterocycles. The number of likely N-dealkylation sites (tertiary alicyclic amines) is 1. The van der Waals surface area contributed by atoms with Gasteiger partial charge in [0.1, 0.15) is 11.2 Å². The topological polar surface area (TPSA) is 80.7 Å². The third kappa shape index (κ3) is 3.44. The predicted molar refractivity (Wildman–Crippen MR) is 95.7 cm³/mol. The van der Waals surface area contributed by atoms with Crippen LogP contribution in [-0.4, -0.2) is 39.3 Å². The van der Waals surface area contributed by atoms with Gasteiger partial charge < -0.3 is 10.6 Å². The van der Waals surface area contributed by atoms with Gasteiger partial charge >= 0.3 is 0 Å². The smallest absolute Gasteiger partial charge is 0.270 e. The number of aromatic nitrogens is 2. The maximum absolute atomic E-state index is 12.7. The fourth-order valence-corrected chi connectivity index (χ4v) is 3.13. The second kappa shape index (κ2) is 7.32. The molecule has 7 heteroatoms. The molecule has 0 radical (unpaired) electrons. The van der Waals surface area contributed by atoms with E-state index in [2.05, 4.69) is 4.98 Å². The van der Waals surface area contributed by atoms with Gasteiger partial charge in [-0.05, 0) is 44.2 Å². The molecule has 3 rings (SSSR count). The lowest BCUT2D eigenvalue weighted by atomic mass is 9.91. The van der Waals surface area contributed by atoms with Crippen molar-refractivity contribution in [3.63, 3.8) is 0 Å². The van der Waals surface area contributed by atoms with Gasteiger partial charge in [-0.3, -0.25) is 14.0 Å². The van der Waals surface area contributed by atoms with Crippen LogP contribution in [0.15, 0.2) is 29.3 Å². The minimum Gasteiger partial charge on any atom is -0.338 e. The zero-order valence-corrected chi connectivity index (χ0v) is 14.8. The molecule has 1 aliphatic rings. The molecule has 3 heterocycles. The molecule has 0 aromatic carbocycles. The van der Waals surface area contributed by atoms with Crippen molar-refractivity contribution in [3.05, 3.63) is 46.0 Å². The lowest BCUT2D eigenvalue weighted by Crippen LogP contribution is -2.44. The van der Waals surface area contributed by atoms with E-state index in [9.17, 15) is 9.59 Å². The summed E-state index contributed by atoms with van der Waals surface area (Å²) < 4.78 is 1.44. The molecule has 0 saturated carbocycles. The molecule has 1 atom stereocenters. The highest BCUT2D eigenvalue weighted by atomic mass is 35.5. The van der Waals surface area contributed by atoms with E-state index in [0.29, 0.717) is 24.7 Å². The van der Waals surface area contributed by atoms with Crippen molar-refractivity contribution in [1.82, 2.24) is 14.3 Å². The number of fused-ring (bicyclic) bond motifs is 1. The maximum Gasteiger partial charge on any atom is 0.270 e. The Morgan fingerprint density at radius 2 is 2.00 bits per heavy atom.